The molecule has 116 valence electrons. The van der Waals surface area contributed by atoms with Crippen molar-refractivity contribution in [2.45, 2.75) is 76.6 Å². The first-order valence-corrected chi connectivity index (χ1v) is 7.76. The van der Waals surface area contributed by atoms with Gasteiger partial charge in [-0.3, -0.25) is 0 Å². The van der Waals surface area contributed by atoms with Crippen LogP contribution in [0.4, 0.5) is 4.79 Å². The monoisotopic (exact) mass is 284 g/mol. The fraction of sp³-hybridized carbons (Fsp3) is 0.933. The third-order valence-corrected chi connectivity index (χ3v) is 3.85. The van der Waals surface area contributed by atoms with E-state index >= 15 is 0 Å². The molecule has 0 aromatic rings. The summed E-state index contributed by atoms with van der Waals surface area (Å²) < 4.78 is 10.7. The number of ether oxygens (including phenoxy) is 2. The van der Waals surface area contributed by atoms with E-state index in [4.69, 9.17) is 9.47 Å². The second-order valence-corrected chi connectivity index (χ2v) is 6.92. The Balaban J connectivity index is 1.64. The molecule has 0 aromatic heterocycles. The van der Waals surface area contributed by atoms with Crippen LogP contribution in [0.25, 0.3) is 0 Å². The van der Waals surface area contributed by atoms with Gasteiger partial charge in [0.1, 0.15) is 5.60 Å². The smallest absolute Gasteiger partial charge is 0.407 e. The summed E-state index contributed by atoms with van der Waals surface area (Å²) in [5, 5.41) is 6.64. The largest absolute Gasteiger partial charge is 0.444 e. The normalized spacial score (nSPS) is 31.1. The molecule has 2 fully saturated rings. The Hall–Kier alpha value is -0.810. The molecule has 1 amide bonds. The van der Waals surface area contributed by atoms with Gasteiger partial charge < -0.3 is 20.1 Å². The molecule has 1 unspecified atom stereocenters. The van der Waals surface area contributed by atoms with Gasteiger partial charge in [0.05, 0.1) is 6.61 Å². The highest BCUT2D eigenvalue weighted by atomic mass is 16.6. The molecule has 1 saturated heterocycles. The quantitative estimate of drug-likeness (QED) is 0.834. The lowest BCUT2D eigenvalue weighted by Crippen LogP contribution is -2.46. The Morgan fingerprint density at radius 3 is 2.25 bits per heavy atom. The van der Waals surface area contributed by atoms with Crippen molar-refractivity contribution in [2.75, 3.05) is 13.2 Å². The number of hydrogen-bond donors (Lipinski definition) is 2. The number of carbonyl (C=O) groups is 1. The molecular weight excluding hydrogens is 256 g/mol. The average Bonchev–Trinajstić information content (AvgIpc) is 2.82. The number of rotatable bonds is 3. The van der Waals surface area contributed by atoms with Crippen molar-refractivity contribution in [3.8, 4) is 0 Å². The van der Waals surface area contributed by atoms with Gasteiger partial charge in [-0.15, -0.1) is 0 Å². The van der Waals surface area contributed by atoms with E-state index < -0.39 is 5.60 Å². The van der Waals surface area contributed by atoms with Crippen molar-refractivity contribution in [1.29, 1.82) is 0 Å². The zero-order valence-electron chi connectivity index (χ0n) is 12.9. The first-order chi connectivity index (χ1) is 9.42. The maximum atomic E-state index is 11.7. The maximum Gasteiger partial charge on any atom is 0.407 e. The van der Waals surface area contributed by atoms with E-state index in [1.165, 1.54) is 0 Å². The van der Waals surface area contributed by atoms with Crippen LogP contribution >= 0.6 is 0 Å². The van der Waals surface area contributed by atoms with E-state index in [2.05, 4.69) is 10.6 Å². The van der Waals surface area contributed by atoms with Crippen LogP contribution in [-0.2, 0) is 9.47 Å². The molecule has 0 spiro atoms. The van der Waals surface area contributed by atoms with Gasteiger partial charge in [-0.05, 0) is 52.9 Å². The number of hydrogen-bond acceptors (Lipinski definition) is 4. The van der Waals surface area contributed by atoms with Gasteiger partial charge in [0.15, 0.2) is 0 Å². The minimum atomic E-state index is -0.425. The van der Waals surface area contributed by atoms with Crippen LogP contribution in [-0.4, -0.2) is 43.0 Å². The summed E-state index contributed by atoms with van der Waals surface area (Å²) >= 11 is 0. The third kappa shape index (κ3) is 5.29. The van der Waals surface area contributed by atoms with E-state index in [1.54, 1.807) is 0 Å². The molecular formula is C15H28N2O3. The highest BCUT2D eigenvalue weighted by Gasteiger charge is 2.26. The first kappa shape index (κ1) is 15.6. The Morgan fingerprint density at radius 2 is 1.70 bits per heavy atom. The van der Waals surface area contributed by atoms with E-state index in [1.807, 2.05) is 20.8 Å². The van der Waals surface area contributed by atoms with Gasteiger partial charge in [0, 0.05) is 24.7 Å². The molecule has 5 nitrogen and oxygen atoms in total. The van der Waals surface area contributed by atoms with Crippen molar-refractivity contribution in [3.63, 3.8) is 0 Å². The number of nitrogens with one attached hydrogen (secondary N) is 2. The molecule has 20 heavy (non-hydrogen) atoms. The van der Waals surface area contributed by atoms with Crippen LogP contribution in [0.15, 0.2) is 0 Å². The SMILES string of the molecule is CC(C)(C)OC(=O)NC1CCC(NC2CCOC2)CC1. The summed E-state index contributed by atoms with van der Waals surface area (Å²) in [6.07, 6.45) is 5.08. The Bertz CT molecular complexity index is 314. The molecule has 1 heterocycles. The fourth-order valence-corrected chi connectivity index (χ4v) is 2.88. The zero-order chi connectivity index (χ0) is 14.6. The summed E-state index contributed by atoms with van der Waals surface area (Å²) in [7, 11) is 0. The molecule has 0 radical (unpaired) electrons. The van der Waals surface area contributed by atoms with Crippen LogP contribution in [0.5, 0.6) is 0 Å². The van der Waals surface area contributed by atoms with Crippen LogP contribution < -0.4 is 10.6 Å². The predicted octanol–water partition coefficient (Wildman–Crippen LogP) is 2.20. The highest BCUT2D eigenvalue weighted by Crippen LogP contribution is 2.20. The van der Waals surface area contributed by atoms with Crippen molar-refractivity contribution < 1.29 is 14.3 Å². The van der Waals surface area contributed by atoms with E-state index in [9.17, 15) is 4.79 Å². The second-order valence-electron chi connectivity index (χ2n) is 6.92. The molecule has 2 aliphatic rings. The van der Waals surface area contributed by atoms with Crippen LogP contribution in [0.2, 0.25) is 0 Å². The van der Waals surface area contributed by atoms with Crippen LogP contribution in [0.1, 0.15) is 52.9 Å². The third-order valence-electron chi connectivity index (χ3n) is 3.85. The minimum Gasteiger partial charge on any atom is -0.444 e. The molecule has 0 aromatic carbocycles. The lowest BCUT2D eigenvalue weighted by atomic mass is 9.90. The van der Waals surface area contributed by atoms with Crippen LogP contribution in [0, 0.1) is 0 Å². The molecule has 1 atom stereocenters. The predicted molar refractivity (Wildman–Crippen MR) is 77.8 cm³/mol. The summed E-state index contributed by atoms with van der Waals surface area (Å²) in [4.78, 5) is 11.7. The molecule has 1 saturated carbocycles. The molecule has 5 heteroatoms. The highest BCUT2D eigenvalue weighted by molar-refractivity contribution is 5.68. The van der Waals surface area contributed by atoms with E-state index in [0.717, 1.165) is 45.3 Å². The summed E-state index contributed by atoms with van der Waals surface area (Å²) in [5.41, 5.74) is -0.425. The van der Waals surface area contributed by atoms with Gasteiger partial charge in [0.2, 0.25) is 0 Å². The van der Waals surface area contributed by atoms with Gasteiger partial charge >= 0.3 is 6.09 Å². The van der Waals surface area contributed by atoms with E-state index in [-0.39, 0.29) is 12.1 Å². The van der Waals surface area contributed by atoms with Crippen molar-refractivity contribution in [3.05, 3.63) is 0 Å². The lowest BCUT2D eigenvalue weighted by Gasteiger charge is -2.31. The lowest BCUT2D eigenvalue weighted by molar-refractivity contribution is 0.0489. The maximum absolute atomic E-state index is 11.7. The summed E-state index contributed by atoms with van der Waals surface area (Å²) in [6, 6.07) is 1.34. The van der Waals surface area contributed by atoms with E-state index in [0.29, 0.717) is 12.1 Å². The van der Waals surface area contributed by atoms with Crippen LogP contribution in [0.3, 0.4) is 0 Å². The molecule has 1 aliphatic heterocycles. The van der Waals surface area contributed by atoms with Crippen molar-refractivity contribution in [2.24, 2.45) is 0 Å². The Labute approximate surface area is 121 Å². The second kappa shape index (κ2) is 6.76. The molecule has 2 rings (SSSR count). The van der Waals surface area contributed by atoms with Gasteiger partial charge in [-0.25, -0.2) is 4.79 Å². The minimum absolute atomic E-state index is 0.253. The Morgan fingerprint density at radius 1 is 1.05 bits per heavy atom. The number of amides is 1. The average molecular weight is 284 g/mol. The van der Waals surface area contributed by atoms with Gasteiger partial charge in [-0.1, -0.05) is 0 Å². The summed E-state index contributed by atoms with van der Waals surface area (Å²) in [5.74, 6) is 0. The topological polar surface area (TPSA) is 59.6 Å². The molecule has 1 aliphatic carbocycles. The number of alkyl carbamates (subject to hydrolysis) is 1. The van der Waals surface area contributed by atoms with Crippen molar-refractivity contribution >= 4 is 6.09 Å². The van der Waals surface area contributed by atoms with Crippen molar-refractivity contribution in [1.82, 2.24) is 10.6 Å². The fourth-order valence-electron chi connectivity index (χ4n) is 2.88. The molecule has 2 N–H and O–H groups in total. The number of carbonyl (C=O) groups excluding carboxylic acids is 1. The first-order valence-electron chi connectivity index (χ1n) is 7.76. The molecule has 0 bridgehead atoms. The van der Waals surface area contributed by atoms with Gasteiger partial charge in [0.25, 0.3) is 0 Å². The van der Waals surface area contributed by atoms with Gasteiger partial charge in [-0.2, -0.15) is 0 Å². The Kier molecular flexibility index (Phi) is 5.27. The standard InChI is InChI=1S/C15H28N2O3/c1-15(2,3)20-14(18)17-12-6-4-11(5-7-12)16-13-8-9-19-10-13/h11-13,16H,4-10H2,1-3H3,(H,17,18). The zero-order valence-corrected chi connectivity index (χ0v) is 12.9. The summed E-state index contributed by atoms with van der Waals surface area (Å²) in [6.45, 7) is 7.38.